The quantitative estimate of drug-likeness (QED) is 0.816. The first-order valence-corrected chi connectivity index (χ1v) is 5.99. The third kappa shape index (κ3) is 3.03. The van der Waals surface area contributed by atoms with Gasteiger partial charge in [-0.15, -0.1) is 0 Å². The Kier molecular flexibility index (Phi) is 3.71. The van der Waals surface area contributed by atoms with Crippen LogP contribution in [0, 0.1) is 6.92 Å². The van der Waals surface area contributed by atoms with Crippen LogP contribution in [0.3, 0.4) is 0 Å². The number of anilines is 1. The molecule has 2 rings (SSSR count). The van der Waals surface area contributed by atoms with Crippen molar-refractivity contribution >= 4 is 35.1 Å². The second kappa shape index (κ2) is 5.27. The average molecular weight is 282 g/mol. The number of rotatable bonds is 3. The number of nitrogens with zero attached hydrogens (tertiary/aromatic N) is 1. The van der Waals surface area contributed by atoms with E-state index in [2.05, 4.69) is 10.6 Å². The normalized spacial score (nSPS) is 14.5. The van der Waals surface area contributed by atoms with Gasteiger partial charge in [0.2, 0.25) is 5.91 Å². The predicted octanol–water partition coefficient (Wildman–Crippen LogP) is 1.14. The van der Waals surface area contributed by atoms with Crippen LogP contribution in [0.5, 0.6) is 0 Å². The van der Waals surface area contributed by atoms with Gasteiger partial charge in [0.1, 0.15) is 6.54 Å². The van der Waals surface area contributed by atoms with E-state index < -0.39 is 17.8 Å². The molecule has 0 aromatic heterocycles. The van der Waals surface area contributed by atoms with E-state index in [4.69, 9.17) is 11.6 Å². The highest BCUT2D eigenvalue weighted by atomic mass is 35.5. The van der Waals surface area contributed by atoms with Gasteiger partial charge in [-0.05, 0) is 24.6 Å². The topological polar surface area (TPSA) is 78.5 Å². The summed E-state index contributed by atoms with van der Waals surface area (Å²) < 4.78 is 0. The second-order valence-electron chi connectivity index (χ2n) is 4.15. The Labute approximate surface area is 114 Å². The summed E-state index contributed by atoms with van der Waals surface area (Å²) in [4.78, 5) is 35.2. The lowest BCUT2D eigenvalue weighted by molar-refractivity contribution is -0.128. The van der Waals surface area contributed by atoms with Gasteiger partial charge in [-0.25, -0.2) is 4.79 Å². The zero-order valence-electron chi connectivity index (χ0n) is 10.2. The predicted molar refractivity (Wildman–Crippen MR) is 69.9 cm³/mol. The molecule has 0 saturated carbocycles. The Morgan fingerprint density at radius 1 is 1.47 bits per heavy atom. The molecular weight excluding hydrogens is 270 g/mol. The SMILES string of the molecule is Cc1ccc(NC(=O)CN2C(=O)CNC2=O)cc1Cl. The number of nitrogens with one attached hydrogen (secondary N) is 2. The van der Waals surface area contributed by atoms with Crippen molar-refractivity contribution in [3.63, 3.8) is 0 Å². The van der Waals surface area contributed by atoms with Crippen LogP contribution < -0.4 is 10.6 Å². The summed E-state index contributed by atoms with van der Waals surface area (Å²) in [6, 6.07) is 4.53. The Bertz CT molecular complexity index is 543. The lowest BCUT2D eigenvalue weighted by atomic mass is 10.2. The van der Waals surface area contributed by atoms with Gasteiger partial charge in [0, 0.05) is 10.7 Å². The molecule has 100 valence electrons. The van der Waals surface area contributed by atoms with Crippen LogP contribution in [-0.4, -0.2) is 35.8 Å². The summed E-state index contributed by atoms with van der Waals surface area (Å²) >= 11 is 5.93. The molecule has 4 amide bonds. The summed E-state index contributed by atoms with van der Waals surface area (Å²) in [6.07, 6.45) is 0. The Balaban J connectivity index is 1.99. The molecular formula is C12H12ClN3O3. The van der Waals surface area contributed by atoms with Gasteiger partial charge in [-0.2, -0.15) is 0 Å². The summed E-state index contributed by atoms with van der Waals surface area (Å²) in [6.45, 7) is 1.47. The molecule has 1 saturated heterocycles. The first-order valence-electron chi connectivity index (χ1n) is 5.61. The van der Waals surface area contributed by atoms with Gasteiger partial charge in [0.15, 0.2) is 0 Å². The fourth-order valence-electron chi connectivity index (χ4n) is 1.63. The third-order valence-electron chi connectivity index (χ3n) is 2.69. The minimum atomic E-state index is -0.554. The van der Waals surface area contributed by atoms with E-state index in [0.29, 0.717) is 10.7 Å². The highest BCUT2D eigenvalue weighted by molar-refractivity contribution is 6.31. The molecule has 0 unspecified atom stereocenters. The van der Waals surface area contributed by atoms with E-state index in [1.165, 1.54) is 0 Å². The molecule has 1 aromatic carbocycles. The van der Waals surface area contributed by atoms with Gasteiger partial charge >= 0.3 is 6.03 Å². The van der Waals surface area contributed by atoms with Crippen molar-refractivity contribution in [2.75, 3.05) is 18.4 Å². The average Bonchev–Trinajstić information content (AvgIpc) is 2.66. The van der Waals surface area contributed by atoms with E-state index in [1.807, 2.05) is 6.92 Å². The van der Waals surface area contributed by atoms with Crippen molar-refractivity contribution in [1.29, 1.82) is 0 Å². The Morgan fingerprint density at radius 2 is 2.21 bits per heavy atom. The number of halogens is 1. The smallest absolute Gasteiger partial charge is 0.325 e. The summed E-state index contributed by atoms with van der Waals surface area (Å²) in [7, 11) is 0. The van der Waals surface area contributed by atoms with E-state index in [1.54, 1.807) is 18.2 Å². The number of benzene rings is 1. The maximum Gasteiger partial charge on any atom is 0.325 e. The number of hydrogen-bond acceptors (Lipinski definition) is 3. The molecule has 0 aliphatic carbocycles. The summed E-state index contributed by atoms with van der Waals surface area (Å²) in [5.74, 6) is -0.868. The number of imide groups is 1. The van der Waals surface area contributed by atoms with Crippen molar-refractivity contribution in [2.24, 2.45) is 0 Å². The minimum Gasteiger partial charge on any atom is -0.329 e. The van der Waals surface area contributed by atoms with Gasteiger partial charge in [-0.3, -0.25) is 14.5 Å². The van der Waals surface area contributed by atoms with Gasteiger partial charge in [0.05, 0.1) is 6.54 Å². The van der Waals surface area contributed by atoms with Crippen LogP contribution in [0.2, 0.25) is 5.02 Å². The fourth-order valence-corrected chi connectivity index (χ4v) is 1.81. The van der Waals surface area contributed by atoms with Crippen molar-refractivity contribution in [1.82, 2.24) is 10.2 Å². The molecule has 7 heteroatoms. The van der Waals surface area contributed by atoms with Crippen molar-refractivity contribution in [3.8, 4) is 0 Å². The van der Waals surface area contributed by atoms with Crippen LogP contribution in [0.4, 0.5) is 10.5 Å². The molecule has 1 aliphatic heterocycles. The highest BCUT2D eigenvalue weighted by Crippen LogP contribution is 2.19. The molecule has 6 nitrogen and oxygen atoms in total. The number of amides is 4. The van der Waals surface area contributed by atoms with Gasteiger partial charge < -0.3 is 10.6 Å². The zero-order chi connectivity index (χ0) is 14.0. The largest absolute Gasteiger partial charge is 0.329 e. The molecule has 2 N–H and O–H groups in total. The van der Waals surface area contributed by atoms with Crippen LogP contribution in [0.15, 0.2) is 18.2 Å². The number of hydrogen-bond donors (Lipinski definition) is 2. The highest BCUT2D eigenvalue weighted by Gasteiger charge is 2.30. The Hall–Kier alpha value is -2.08. The lowest BCUT2D eigenvalue weighted by Crippen LogP contribution is -2.38. The number of aryl methyl sites for hydroxylation is 1. The van der Waals surface area contributed by atoms with Crippen LogP contribution >= 0.6 is 11.6 Å². The van der Waals surface area contributed by atoms with E-state index in [9.17, 15) is 14.4 Å². The maximum absolute atomic E-state index is 11.7. The number of urea groups is 1. The molecule has 0 bridgehead atoms. The van der Waals surface area contributed by atoms with E-state index in [-0.39, 0.29) is 13.1 Å². The van der Waals surface area contributed by atoms with Crippen molar-refractivity contribution in [3.05, 3.63) is 28.8 Å². The van der Waals surface area contributed by atoms with Crippen molar-refractivity contribution in [2.45, 2.75) is 6.92 Å². The Morgan fingerprint density at radius 3 is 2.79 bits per heavy atom. The third-order valence-corrected chi connectivity index (χ3v) is 3.10. The lowest BCUT2D eigenvalue weighted by Gasteiger charge is -2.12. The molecule has 0 spiro atoms. The summed E-state index contributed by atoms with van der Waals surface area (Å²) in [5, 5.41) is 5.46. The monoisotopic (exact) mass is 281 g/mol. The van der Waals surface area contributed by atoms with Crippen LogP contribution in [0.25, 0.3) is 0 Å². The molecule has 1 aromatic rings. The standard InChI is InChI=1S/C12H12ClN3O3/c1-7-2-3-8(4-9(7)13)15-10(17)6-16-11(18)5-14-12(16)19/h2-4H,5-6H2,1H3,(H,14,19)(H,15,17). The van der Waals surface area contributed by atoms with Gasteiger partial charge in [0.25, 0.3) is 5.91 Å². The molecule has 1 heterocycles. The van der Waals surface area contributed by atoms with Crippen molar-refractivity contribution < 1.29 is 14.4 Å². The fraction of sp³-hybridized carbons (Fsp3) is 0.250. The first kappa shape index (κ1) is 13.4. The molecule has 1 aliphatic rings. The molecule has 0 radical (unpaired) electrons. The van der Waals surface area contributed by atoms with Crippen LogP contribution in [-0.2, 0) is 9.59 Å². The molecule has 19 heavy (non-hydrogen) atoms. The number of carbonyl (C=O) groups excluding carboxylic acids is 3. The maximum atomic E-state index is 11.7. The van der Waals surface area contributed by atoms with E-state index >= 15 is 0 Å². The second-order valence-corrected chi connectivity index (χ2v) is 4.56. The molecule has 1 fully saturated rings. The van der Waals surface area contributed by atoms with E-state index in [0.717, 1.165) is 10.5 Å². The zero-order valence-corrected chi connectivity index (χ0v) is 11.0. The number of carbonyl (C=O) groups is 3. The minimum absolute atomic E-state index is 0.0670. The van der Waals surface area contributed by atoms with Crippen LogP contribution in [0.1, 0.15) is 5.56 Å². The molecule has 0 atom stereocenters. The van der Waals surface area contributed by atoms with Gasteiger partial charge in [-0.1, -0.05) is 17.7 Å². The summed E-state index contributed by atoms with van der Waals surface area (Å²) in [5.41, 5.74) is 1.42. The first-order chi connectivity index (χ1) is 8.97.